The molecule has 0 N–H and O–H groups in total. The molecule has 3 aromatic rings. The average molecular weight is 517 g/mol. The van der Waals surface area contributed by atoms with Gasteiger partial charge in [-0.2, -0.15) is 0 Å². The van der Waals surface area contributed by atoms with E-state index in [1.54, 1.807) is 28.3 Å². The molecule has 4 heterocycles. The lowest BCUT2D eigenvalue weighted by atomic mass is 10.0. The highest BCUT2D eigenvalue weighted by Crippen LogP contribution is 2.32. The third-order valence-corrected chi connectivity index (χ3v) is 7.40. The van der Waals surface area contributed by atoms with Crippen LogP contribution in [0.3, 0.4) is 0 Å². The number of rotatable bonds is 5. The Morgan fingerprint density at radius 1 is 0.895 bits per heavy atom. The van der Waals surface area contributed by atoms with E-state index in [2.05, 4.69) is 19.8 Å². The molecular weight excluding hydrogens is 487 g/mol. The van der Waals surface area contributed by atoms with Crippen molar-refractivity contribution in [3.8, 4) is 11.1 Å². The van der Waals surface area contributed by atoms with E-state index >= 15 is 0 Å². The van der Waals surface area contributed by atoms with E-state index in [1.165, 1.54) is 12.1 Å². The standard InChI is InChI=1S/C28H29FN6O3/c29-22-5-6-25(24(15-22)21-16-30-28(31-17-21)34-11-13-38-14-12-34)32-7-9-33(10-8-32)26(36)19-35-18-20-3-1-2-4-23(20)27(35)37/h1-6,15-17H,7-14,18-19H2. The number of hydrogen-bond donors (Lipinski definition) is 0. The molecular formula is C28H29FN6O3. The molecule has 0 saturated carbocycles. The van der Waals surface area contributed by atoms with Gasteiger partial charge in [0.05, 0.1) is 13.2 Å². The Bertz CT molecular complexity index is 1340. The summed E-state index contributed by atoms with van der Waals surface area (Å²) in [6.45, 7) is 5.57. The lowest BCUT2D eigenvalue weighted by molar-refractivity contribution is -0.132. The minimum atomic E-state index is -0.328. The zero-order valence-corrected chi connectivity index (χ0v) is 21.1. The molecule has 0 aliphatic carbocycles. The van der Waals surface area contributed by atoms with Gasteiger partial charge in [-0.15, -0.1) is 0 Å². The predicted molar refractivity (Wildman–Crippen MR) is 140 cm³/mol. The van der Waals surface area contributed by atoms with Gasteiger partial charge >= 0.3 is 0 Å². The van der Waals surface area contributed by atoms with Gasteiger partial charge in [0.25, 0.3) is 5.91 Å². The van der Waals surface area contributed by atoms with Crippen LogP contribution in [-0.2, 0) is 16.1 Å². The molecule has 1 aromatic heterocycles. The molecule has 9 nitrogen and oxygen atoms in total. The van der Waals surface area contributed by atoms with Gasteiger partial charge in [0.2, 0.25) is 11.9 Å². The minimum absolute atomic E-state index is 0.0581. The van der Waals surface area contributed by atoms with Crippen molar-refractivity contribution in [3.63, 3.8) is 0 Å². The molecule has 0 atom stereocenters. The van der Waals surface area contributed by atoms with Crippen molar-refractivity contribution in [1.29, 1.82) is 0 Å². The van der Waals surface area contributed by atoms with Crippen molar-refractivity contribution >= 4 is 23.5 Å². The first-order valence-corrected chi connectivity index (χ1v) is 12.9. The molecule has 0 unspecified atom stereocenters. The Labute approximate surface area is 220 Å². The van der Waals surface area contributed by atoms with Crippen LogP contribution in [0.25, 0.3) is 11.1 Å². The van der Waals surface area contributed by atoms with E-state index in [-0.39, 0.29) is 24.2 Å². The van der Waals surface area contributed by atoms with Gasteiger partial charge in [-0.3, -0.25) is 9.59 Å². The summed E-state index contributed by atoms with van der Waals surface area (Å²) in [4.78, 5) is 42.4. The number of fused-ring (bicyclic) bond motifs is 1. The zero-order valence-electron chi connectivity index (χ0n) is 21.1. The number of morpholine rings is 1. The summed E-state index contributed by atoms with van der Waals surface area (Å²) in [5.74, 6) is 0.162. The van der Waals surface area contributed by atoms with Crippen LogP contribution in [0.1, 0.15) is 15.9 Å². The van der Waals surface area contributed by atoms with Gasteiger partial charge in [0, 0.05) is 80.6 Å². The fourth-order valence-corrected chi connectivity index (χ4v) is 5.30. The first-order chi connectivity index (χ1) is 18.6. The summed E-state index contributed by atoms with van der Waals surface area (Å²) in [5.41, 5.74) is 3.98. The maximum Gasteiger partial charge on any atom is 0.254 e. The third kappa shape index (κ3) is 4.79. The Morgan fingerprint density at radius 3 is 2.37 bits per heavy atom. The Balaban J connectivity index is 1.11. The second kappa shape index (κ2) is 10.4. The van der Waals surface area contributed by atoms with Crippen LogP contribution in [0.2, 0.25) is 0 Å². The number of ether oxygens (including phenoxy) is 1. The van der Waals surface area contributed by atoms with E-state index < -0.39 is 0 Å². The normalized spacial score (nSPS) is 17.7. The second-order valence-corrected chi connectivity index (χ2v) is 9.72. The van der Waals surface area contributed by atoms with Gasteiger partial charge in [-0.25, -0.2) is 14.4 Å². The number of amides is 2. The van der Waals surface area contributed by atoms with Gasteiger partial charge in [0.1, 0.15) is 12.4 Å². The molecule has 2 saturated heterocycles. The molecule has 3 aliphatic heterocycles. The molecule has 2 amide bonds. The minimum Gasteiger partial charge on any atom is -0.378 e. The number of benzene rings is 2. The largest absolute Gasteiger partial charge is 0.378 e. The molecule has 0 radical (unpaired) electrons. The fourth-order valence-electron chi connectivity index (χ4n) is 5.30. The van der Waals surface area contributed by atoms with E-state index in [9.17, 15) is 14.0 Å². The first-order valence-electron chi connectivity index (χ1n) is 12.9. The molecule has 3 aliphatic rings. The Morgan fingerprint density at radius 2 is 1.63 bits per heavy atom. The van der Waals surface area contributed by atoms with E-state index in [0.29, 0.717) is 57.4 Å². The van der Waals surface area contributed by atoms with E-state index in [1.807, 2.05) is 24.3 Å². The van der Waals surface area contributed by atoms with Crippen LogP contribution in [0.4, 0.5) is 16.0 Å². The Kier molecular flexibility index (Phi) is 6.63. The number of anilines is 2. The van der Waals surface area contributed by atoms with Crippen LogP contribution >= 0.6 is 0 Å². The van der Waals surface area contributed by atoms with Crippen LogP contribution < -0.4 is 9.80 Å². The number of halogens is 1. The summed E-state index contributed by atoms with van der Waals surface area (Å²) in [7, 11) is 0. The van der Waals surface area contributed by atoms with Gasteiger partial charge in [-0.1, -0.05) is 18.2 Å². The number of hydrogen-bond acceptors (Lipinski definition) is 7. The molecule has 0 spiro atoms. The number of carbonyl (C=O) groups excluding carboxylic acids is 2. The van der Waals surface area contributed by atoms with Gasteiger partial charge < -0.3 is 24.3 Å². The number of piperazine rings is 1. The summed E-state index contributed by atoms with van der Waals surface area (Å²) < 4.78 is 19.7. The van der Waals surface area contributed by atoms with Crippen molar-refractivity contribution in [2.24, 2.45) is 0 Å². The van der Waals surface area contributed by atoms with Gasteiger partial charge in [0.15, 0.2) is 0 Å². The number of carbonyl (C=O) groups is 2. The van der Waals surface area contributed by atoms with Crippen LogP contribution in [0, 0.1) is 5.82 Å². The third-order valence-electron chi connectivity index (χ3n) is 7.40. The quantitative estimate of drug-likeness (QED) is 0.515. The highest BCUT2D eigenvalue weighted by atomic mass is 19.1. The van der Waals surface area contributed by atoms with Crippen molar-refractivity contribution in [2.45, 2.75) is 6.54 Å². The molecule has 2 aromatic carbocycles. The molecule has 6 rings (SSSR count). The molecule has 0 bridgehead atoms. The Hall–Kier alpha value is -4.05. The molecule has 2 fully saturated rings. The lowest BCUT2D eigenvalue weighted by Crippen LogP contribution is -2.51. The van der Waals surface area contributed by atoms with Crippen LogP contribution in [0.5, 0.6) is 0 Å². The SMILES string of the molecule is O=C(CN1Cc2ccccc2C1=O)N1CCN(c2ccc(F)cc2-c2cnc(N3CCOCC3)nc2)CC1. The summed E-state index contributed by atoms with van der Waals surface area (Å²) >= 11 is 0. The van der Waals surface area contributed by atoms with Crippen molar-refractivity contribution in [2.75, 3.05) is 68.8 Å². The summed E-state index contributed by atoms with van der Waals surface area (Å²) in [5, 5.41) is 0. The monoisotopic (exact) mass is 516 g/mol. The van der Waals surface area contributed by atoms with Gasteiger partial charge in [-0.05, 0) is 29.8 Å². The zero-order chi connectivity index (χ0) is 26.1. The second-order valence-electron chi connectivity index (χ2n) is 9.72. The highest BCUT2D eigenvalue weighted by molar-refractivity contribution is 6.00. The smallest absolute Gasteiger partial charge is 0.254 e. The molecule has 10 heteroatoms. The van der Waals surface area contributed by atoms with E-state index in [0.717, 1.165) is 35.5 Å². The maximum absolute atomic E-state index is 14.3. The average Bonchev–Trinajstić information content (AvgIpc) is 3.28. The van der Waals surface area contributed by atoms with Crippen molar-refractivity contribution < 1.29 is 18.7 Å². The van der Waals surface area contributed by atoms with Crippen LogP contribution in [0.15, 0.2) is 54.9 Å². The number of nitrogens with zero attached hydrogens (tertiary/aromatic N) is 6. The lowest BCUT2D eigenvalue weighted by Gasteiger charge is -2.37. The van der Waals surface area contributed by atoms with Crippen LogP contribution in [-0.4, -0.2) is 90.6 Å². The van der Waals surface area contributed by atoms with Crippen molar-refractivity contribution in [1.82, 2.24) is 19.8 Å². The number of aromatic nitrogens is 2. The first kappa shape index (κ1) is 24.3. The topological polar surface area (TPSA) is 82.1 Å². The summed E-state index contributed by atoms with van der Waals surface area (Å²) in [6, 6.07) is 12.2. The fraction of sp³-hybridized carbons (Fsp3) is 0.357. The van der Waals surface area contributed by atoms with E-state index in [4.69, 9.17) is 4.74 Å². The highest BCUT2D eigenvalue weighted by Gasteiger charge is 2.31. The summed E-state index contributed by atoms with van der Waals surface area (Å²) in [6.07, 6.45) is 3.47. The maximum atomic E-state index is 14.3. The molecule has 38 heavy (non-hydrogen) atoms. The van der Waals surface area contributed by atoms with Crippen molar-refractivity contribution in [3.05, 3.63) is 71.8 Å². The predicted octanol–water partition coefficient (Wildman–Crippen LogP) is 2.42. The molecule has 196 valence electrons.